The van der Waals surface area contributed by atoms with Crippen LogP contribution in [-0.2, 0) is 6.54 Å². The molecule has 0 spiro atoms. The van der Waals surface area contributed by atoms with Crippen molar-refractivity contribution in [2.75, 3.05) is 37.6 Å². The van der Waals surface area contributed by atoms with Crippen molar-refractivity contribution in [3.63, 3.8) is 0 Å². The molecule has 7 heteroatoms. The average molecular weight is 390 g/mol. The zero-order chi connectivity index (χ0) is 17.8. The number of para-hydroxylation sites is 1. The van der Waals surface area contributed by atoms with Gasteiger partial charge in [-0.2, -0.15) is 0 Å². The molecule has 0 unspecified atom stereocenters. The molecule has 2 heterocycles. The van der Waals surface area contributed by atoms with Gasteiger partial charge in [-0.1, -0.05) is 23.4 Å². The number of nitrogens with zero attached hydrogens (tertiary/aromatic N) is 5. The summed E-state index contributed by atoms with van der Waals surface area (Å²) in [5.74, 6) is -0.162. The largest absolute Gasteiger partial charge is 0.369 e. The van der Waals surface area contributed by atoms with Crippen molar-refractivity contribution in [3.05, 3.63) is 54.3 Å². The van der Waals surface area contributed by atoms with Crippen LogP contribution in [0.2, 0.25) is 0 Å². The molecule has 4 rings (SSSR count). The number of aromatic nitrogens is 3. The summed E-state index contributed by atoms with van der Waals surface area (Å²) in [7, 11) is 0. The highest BCUT2D eigenvalue weighted by atomic mass is 35.5. The summed E-state index contributed by atoms with van der Waals surface area (Å²) >= 11 is 0. The van der Waals surface area contributed by atoms with Gasteiger partial charge in [-0.3, -0.25) is 4.90 Å². The SMILES string of the molecule is Cl.Fc1cccc(N2CCN(CCCCn3nnc4ccccc43)CC2)c1. The first-order chi connectivity index (χ1) is 12.8. The second-order valence-corrected chi connectivity index (χ2v) is 6.82. The van der Waals surface area contributed by atoms with Crippen molar-refractivity contribution in [1.29, 1.82) is 0 Å². The lowest BCUT2D eigenvalue weighted by molar-refractivity contribution is 0.251. The van der Waals surface area contributed by atoms with Crippen LogP contribution in [0.15, 0.2) is 48.5 Å². The molecule has 0 radical (unpaired) electrons. The fraction of sp³-hybridized carbons (Fsp3) is 0.400. The summed E-state index contributed by atoms with van der Waals surface area (Å²) in [6, 6.07) is 15.0. The smallest absolute Gasteiger partial charge is 0.125 e. The van der Waals surface area contributed by atoms with Crippen LogP contribution in [0.25, 0.3) is 11.0 Å². The van der Waals surface area contributed by atoms with Crippen LogP contribution < -0.4 is 4.90 Å². The van der Waals surface area contributed by atoms with Crippen LogP contribution in [0.1, 0.15) is 12.8 Å². The van der Waals surface area contributed by atoms with Crippen molar-refractivity contribution >= 4 is 29.1 Å². The summed E-state index contributed by atoms with van der Waals surface area (Å²) in [6.07, 6.45) is 2.24. The van der Waals surface area contributed by atoms with E-state index in [0.29, 0.717) is 0 Å². The summed E-state index contributed by atoms with van der Waals surface area (Å²) < 4.78 is 15.4. The third kappa shape index (κ3) is 4.76. The van der Waals surface area contributed by atoms with E-state index in [9.17, 15) is 4.39 Å². The minimum Gasteiger partial charge on any atom is -0.369 e. The van der Waals surface area contributed by atoms with Gasteiger partial charge in [0.05, 0.1) is 5.52 Å². The minimum absolute atomic E-state index is 0. The van der Waals surface area contributed by atoms with E-state index in [1.54, 1.807) is 12.1 Å². The molecule has 2 aromatic carbocycles. The number of fused-ring (bicyclic) bond motifs is 1. The second-order valence-electron chi connectivity index (χ2n) is 6.82. The van der Waals surface area contributed by atoms with Gasteiger partial charge in [0.15, 0.2) is 0 Å². The number of aryl methyl sites for hydroxylation is 1. The number of halogens is 2. The van der Waals surface area contributed by atoms with Gasteiger partial charge in [-0.15, -0.1) is 17.5 Å². The van der Waals surface area contributed by atoms with Gasteiger partial charge in [0.25, 0.3) is 0 Å². The van der Waals surface area contributed by atoms with Crippen molar-refractivity contribution in [2.24, 2.45) is 0 Å². The maximum Gasteiger partial charge on any atom is 0.125 e. The van der Waals surface area contributed by atoms with Gasteiger partial charge >= 0.3 is 0 Å². The number of hydrogen-bond acceptors (Lipinski definition) is 4. The molecule has 1 saturated heterocycles. The lowest BCUT2D eigenvalue weighted by Crippen LogP contribution is -2.46. The zero-order valence-corrected chi connectivity index (χ0v) is 16.1. The average Bonchev–Trinajstić information content (AvgIpc) is 3.09. The predicted molar refractivity (Wildman–Crippen MR) is 109 cm³/mol. The molecule has 5 nitrogen and oxygen atoms in total. The standard InChI is InChI=1S/C20H24FN5.ClH/c21-17-6-5-7-18(16-17)25-14-12-24(13-15-25)10-3-4-11-26-20-9-2-1-8-19(20)22-23-26;/h1-2,5-9,16H,3-4,10-15H2;1H. The number of anilines is 1. The second kappa shape index (κ2) is 9.15. The molecule has 0 saturated carbocycles. The topological polar surface area (TPSA) is 37.2 Å². The van der Waals surface area contributed by atoms with E-state index in [1.165, 1.54) is 6.07 Å². The van der Waals surface area contributed by atoms with Crippen molar-refractivity contribution < 1.29 is 4.39 Å². The number of piperazine rings is 1. The maximum absolute atomic E-state index is 13.4. The molecule has 0 aliphatic carbocycles. The first-order valence-corrected chi connectivity index (χ1v) is 9.31. The molecule has 1 aromatic heterocycles. The molecule has 0 atom stereocenters. The van der Waals surface area contributed by atoms with Crippen LogP contribution in [0.5, 0.6) is 0 Å². The lowest BCUT2D eigenvalue weighted by Gasteiger charge is -2.36. The third-order valence-corrected chi connectivity index (χ3v) is 5.06. The van der Waals surface area contributed by atoms with E-state index in [-0.39, 0.29) is 18.2 Å². The van der Waals surface area contributed by atoms with Crippen LogP contribution in [-0.4, -0.2) is 52.6 Å². The Bertz CT molecular complexity index is 860. The molecule has 1 aliphatic heterocycles. The Morgan fingerprint density at radius 3 is 2.48 bits per heavy atom. The molecule has 27 heavy (non-hydrogen) atoms. The fourth-order valence-electron chi connectivity index (χ4n) is 3.58. The maximum atomic E-state index is 13.4. The molecular weight excluding hydrogens is 365 g/mol. The predicted octanol–water partition coefficient (Wildman–Crippen LogP) is 3.59. The molecule has 1 aliphatic rings. The summed E-state index contributed by atoms with van der Waals surface area (Å²) in [4.78, 5) is 4.76. The van der Waals surface area contributed by atoms with Crippen LogP contribution in [0.3, 0.4) is 0 Å². The first kappa shape index (κ1) is 19.6. The Morgan fingerprint density at radius 1 is 0.889 bits per heavy atom. The first-order valence-electron chi connectivity index (χ1n) is 9.31. The highest BCUT2D eigenvalue weighted by Gasteiger charge is 2.17. The normalized spacial score (nSPS) is 15.1. The quantitative estimate of drug-likeness (QED) is 0.604. The molecule has 0 amide bonds. The Morgan fingerprint density at radius 2 is 1.67 bits per heavy atom. The van der Waals surface area contributed by atoms with E-state index >= 15 is 0 Å². The Balaban J connectivity index is 0.00000210. The minimum atomic E-state index is -0.162. The van der Waals surface area contributed by atoms with E-state index < -0.39 is 0 Å². The third-order valence-electron chi connectivity index (χ3n) is 5.06. The molecule has 1 fully saturated rings. The number of unbranched alkanes of at least 4 members (excludes halogenated alkanes) is 1. The lowest BCUT2D eigenvalue weighted by atomic mass is 10.2. The zero-order valence-electron chi connectivity index (χ0n) is 15.3. The van der Waals surface area contributed by atoms with E-state index in [2.05, 4.69) is 26.2 Å². The van der Waals surface area contributed by atoms with Crippen LogP contribution in [0, 0.1) is 5.82 Å². The molecule has 3 aromatic rings. The molecule has 0 bridgehead atoms. The monoisotopic (exact) mass is 389 g/mol. The Hall–Kier alpha value is -2.18. The van der Waals surface area contributed by atoms with E-state index in [0.717, 1.165) is 68.8 Å². The van der Waals surface area contributed by atoms with Gasteiger partial charge in [-0.25, -0.2) is 9.07 Å². The van der Waals surface area contributed by atoms with Crippen molar-refractivity contribution in [3.8, 4) is 0 Å². The summed E-state index contributed by atoms with van der Waals surface area (Å²) in [5, 5.41) is 8.45. The van der Waals surface area contributed by atoms with Crippen molar-refractivity contribution in [1.82, 2.24) is 19.9 Å². The summed E-state index contributed by atoms with van der Waals surface area (Å²) in [5.41, 5.74) is 3.06. The highest BCUT2D eigenvalue weighted by Crippen LogP contribution is 2.18. The molecule has 144 valence electrons. The highest BCUT2D eigenvalue weighted by molar-refractivity contribution is 5.85. The number of rotatable bonds is 6. The Kier molecular flexibility index (Phi) is 6.63. The number of hydrogen-bond donors (Lipinski definition) is 0. The van der Waals surface area contributed by atoms with E-state index in [4.69, 9.17) is 0 Å². The van der Waals surface area contributed by atoms with Gasteiger partial charge in [0.1, 0.15) is 11.3 Å². The van der Waals surface area contributed by atoms with Gasteiger partial charge < -0.3 is 4.90 Å². The molecule has 0 N–H and O–H groups in total. The van der Waals surface area contributed by atoms with Crippen LogP contribution in [0.4, 0.5) is 10.1 Å². The van der Waals surface area contributed by atoms with Gasteiger partial charge in [0.2, 0.25) is 0 Å². The van der Waals surface area contributed by atoms with Gasteiger partial charge in [0, 0.05) is 38.4 Å². The van der Waals surface area contributed by atoms with Crippen LogP contribution >= 0.6 is 12.4 Å². The van der Waals surface area contributed by atoms with Gasteiger partial charge in [-0.05, 0) is 49.7 Å². The fourth-order valence-corrected chi connectivity index (χ4v) is 3.58. The Labute approximate surface area is 165 Å². The van der Waals surface area contributed by atoms with E-state index in [1.807, 2.05) is 28.9 Å². The van der Waals surface area contributed by atoms with Crippen molar-refractivity contribution in [2.45, 2.75) is 19.4 Å². The number of benzene rings is 2. The summed E-state index contributed by atoms with van der Waals surface area (Å²) in [6.45, 7) is 5.98. The molecular formula is C20H25ClFN5.